The van der Waals surface area contributed by atoms with E-state index in [0.29, 0.717) is 5.92 Å². The van der Waals surface area contributed by atoms with Gasteiger partial charge in [-0.3, -0.25) is 0 Å². The number of hydrogen-bond donors (Lipinski definition) is 1. The highest BCUT2D eigenvalue weighted by Crippen LogP contribution is 2.33. The molecule has 17 heavy (non-hydrogen) atoms. The number of hydrogen-bond acceptors (Lipinski definition) is 2. The zero-order valence-corrected chi connectivity index (χ0v) is 11.4. The number of aliphatic hydroxyl groups excluding tert-OH is 1. The fourth-order valence-electron chi connectivity index (χ4n) is 2.70. The topological polar surface area (TPSA) is 20.2 Å². The molecule has 0 bridgehead atoms. The van der Waals surface area contributed by atoms with Gasteiger partial charge in [0, 0.05) is 4.90 Å². The summed E-state index contributed by atoms with van der Waals surface area (Å²) in [5.41, 5.74) is 1.09. The third-order valence-corrected chi connectivity index (χ3v) is 4.55. The van der Waals surface area contributed by atoms with Crippen molar-refractivity contribution in [3.63, 3.8) is 0 Å². The minimum absolute atomic E-state index is 0.260. The highest BCUT2D eigenvalue weighted by molar-refractivity contribution is 7.98. The molecule has 0 heterocycles. The van der Waals surface area contributed by atoms with Crippen LogP contribution in [-0.2, 0) is 0 Å². The van der Waals surface area contributed by atoms with Gasteiger partial charge < -0.3 is 5.11 Å². The molecule has 94 valence electrons. The second-order valence-electron chi connectivity index (χ2n) is 4.97. The van der Waals surface area contributed by atoms with Gasteiger partial charge in [0.15, 0.2) is 0 Å². The van der Waals surface area contributed by atoms with E-state index in [4.69, 9.17) is 0 Å². The van der Waals surface area contributed by atoms with Gasteiger partial charge in [0.25, 0.3) is 0 Å². The van der Waals surface area contributed by atoms with Gasteiger partial charge in [-0.2, -0.15) is 0 Å². The van der Waals surface area contributed by atoms with E-state index in [1.54, 1.807) is 11.8 Å². The van der Waals surface area contributed by atoms with Crippen LogP contribution in [0.5, 0.6) is 0 Å². The highest BCUT2D eigenvalue weighted by Gasteiger charge is 2.21. The van der Waals surface area contributed by atoms with Crippen LogP contribution in [0, 0.1) is 5.92 Å². The van der Waals surface area contributed by atoms with Crippen molar-refractivity contribution >= 4 is 11.8 Å². The van der Waals surface area contributed by atoms with Crippen molar-refractivity contribution in [1.29, 1.82) is 0 Å². The minimum Gasteiger partial charge on any atom is -0.388 e. The zero-order valence-electron chi connectivity index (χ0n) is 10.6. The molecule has 1 aromatic carbocycles. The van der Waals surface area contributed by atoms with E-state index >= 15 is 0 Å². The normalized spacial score (nSPS) is 19.9. The van der Waals surface area contributed by atoms with Crippen LogP contribution in [0.15, 0.2) is 29.2 Å². The summed E-state index contributed by atoms with van der Waals surface area (Å²) in [5.74, 6) is 0.470. The molecule has 0 amide bonds. The van der Waals surface area contributed by atoms with Crippen molar-refractivity contribution in [3.05, 3.63) is 29.8 Å². The number of thioether (sulfide) groups is 1. The summed E-state index contributed by atoms with van der Waals surface area (Å²) in [6.07, 6.45) is 9.44. The lowest BCUT2D eigenvalue weighted by Gasteiger charge is -2.21. The molecule has 2 heteroatoms. The molecular formula is C15H22OS. The Morgan fingerprint density at radius 2 is 1.65 bits per heavy atom. The molecule has 1 fully saturated rings. The molecule has 1 N–H and O–H groups in total. The molecule has 0 saturated heterocycles. The maximum atomic E-state index is 10.4. The maximum Gasteiger partial charge on any atom is 0.0818 e. The van der Waals surface area contributed by atoms with Crippen molar-refractivity contribution in [2.45, 2.75) is 49.5 Å². The van der Waals surface area contributed by atoms with Crippen LogP contribution in [0.4, 0.5) is 0 Å². The second-order valence-corrected chi connectivity index (χ2v) is 5.85. The monoisotopic (exact) mass is 250 g/mol. The van der Waals surface area contributed by atoms with Crippen LogP contribution in [0.25, 0.3) is 0 Å². The lowest BCUT2D eigenvalue weighted by molar-refractivity contribution is 0.0987. The summed E-state index contributed by atoms with van der Waals surface area (Å²) in [6.45, 7) is 0. The van der Waals surface area contributed by atoms with E-state index in [-0.39, 0.29) is 6.10 Å². The molecule has 1 saturated carbocycles. The van der Waals surface area contributed by atoms with Crippen LogP contribution in [-0.4, -0.2) is 11.4 Å². The predicted molar refractivity (Wildman–Crippen MR) is 74.4 cm³/mol. The third-order valence-electron chi connectivity index (χ3n) is 3.80. The van der Waals surface area contributed by atoms with Gasteiger partial charge in [0.1, 0.15) is 0 Å². The van der Waals surface area contributed by atoms with Crippen LogP contribution in [0.3, 0.4) is 0 Å². The van der Waals surface area contributed by atoms with Gasteiger partial charge in [-0.25, -0.2) is 0 Å². The quantitative estimate of drug-likeness (QED) is 0.633. The predicted octanol–water partition coefficient (Wildman–Crippen LogP) is 4.41. The maximum absolute atomic E-state index is 10.4. The Hall–Kier alpha value is -0.470. The Morgan fingerprint density at radius 1 is 1.06 bits per heavy atom. The average molecular weight is 250 g/mol. The minimum atomic E-state index is -0.260. The van der Waals surface area contributed by atoms with Crippen molar-refractivity contribution in [2.75, 3.05) is 6.26 Å². The van der Waals surface area contributed by atoms with E-state index in [9.17, 15) is 5.11 Å². The summed E-state index contributed by atoms with van der Waals surface area (Å²) in [5, 5.41) is 10.4. The van der Waals surface area contributed by atoms with Gasteiger partial charge in [-0.1, -0.05) is 37.8 Å². The summed E-state index contributed by atoms with van der Waals surface area (Å²) < 4.78 is 0. The number of rotatable bonds is 3. The van der Waals surface area contributed by atoms with Crippen LogP contribution < -0.4 is 0 Å². The Morgan fingerprint density at radius 3 is 2.18 bits per heavy atom. The summed E-state index contributed by atoms with van der Waals surface area (Å²) in [7, 11) is 0. The van der Waals surface area contributed by atoms with Crippen molar-refractivity contribution in [3.8, 4) is 0 Å². The van der Waals surface area contributed by atoms with Crippen molar-refractivity contribution in [2.24, 2.45) is 5.92 Å². The Bertz CT molecular complexity index is 325. The Labute approximate surface area is 109 Å². The molecule has 1 atom stereocenters. The van der Waals surface area contributed by atoms with Crippen LogP contribution in [0.1, 0.15) is 50.2 Å². The number of benzene rings is 1. The summed E-state index contributed by atoms with van der Waals surface area (Å²) in [4.78, 5) is 1.27. The largest absolute Gasteiger partial charge is 0.388 e. The van der Waals surface area contributed by atoms with E-state index in [0.717, 1.165) is 5.56 Å². The molecule has 0 spiro atoms. The molecule has 0 radical (unpaired) electrons. The first-order valence-electron chi connectivity index (χ1n) is 6.63. The van der Waals surface area contributed by atoms with Gasteiger partial charge in [0.05, 0.1) is 6.10 Å². The lowest BCUT2D eigenvalue weighted by atomic mass is 9.89. The third kappa shape index (κ3) is 3.49. The summed E-state index contributed by atoms with van der Waals surface area (Å²) >= 11 is 1.75. The molecule has 1 aromatic rings. The molecule has 1 nitrogen and oxygen atoms in total. The first kappa shape index (κ1) is 13.0. The van der Waals surface area contributed by atoms with Gasteiger partial charge in [0.2, 0.25) is 0 Å². The molecule has 1 unspecified atom stereocenters. The van der Waals surface area contributed by atoms with Crippen LogP contribution >= 0.6 is 11.8 Å². The lowest BCUT2D eigenvalue weighted by Crippen LogP contribution is -2.11. The van der Waals surface area contributed by atoms with E-state index < -0.39 is 0 Å². The molecule has 1 aliphatic rings. The average Bonchev–Trinajstić information content (AvgIpc) is 2.67. The first-order valence-corrected chi connectivity index (χ1v) is 7.86. The molecule has 1 aliphatic carbocycles. The van der Waals surface area contributed by atoms with Crippen molar-refractivity contribution in [1.82, 2.24) is 0 Å². The molecule has 0 aromatic heterocycles. The van der Waals surface area contributed by atoms with Crippen LogP contribution in [0.2, 0.25) is 0 Å². The van der Waals surface area contributed by atoms with Crippen molar-refractivity contribution < 1.29 is 5.11 Å². The van der Waals surface area contributed by atoms with E-state index in [1.165, 1.54) is 43.4 Å². The molecule has 2 rings (SSSR count). The molecular weight excluding hydrogens is 228 g/mol. The smallest absolute Gasteiger partial charge is 0.0818 e. The van der Waals surface area contributed by atoms with Gasteiger partial charge >= 0.3 is 0 Å². The SMILES string of the molecule is CSc1ccc(C(O)C2CCCCCC2)cc1. The van der Waals surface area contributed by atoms with E-state index in [2.05, 4.69) is 30.5 Å². The van der Waals surface area contributed by atoms with Gasteiger partial charge in [-0.15, -0.1) is 11.8 Å². The summed E-state index contributed by atoms with van der Waals surface area (Å²) in [6, 6.07) is 8.39. The fraction of sp³-hybridized carbons (Fsp3) is 0.600. The number of aliphatic hydroxyl groups is 1. The highest BCUT2D eigenvalue weighted by atomic mass is 32.2. The first-order chi connectivity index (χ1) is 8.31. The Balaban J connectivity index is 2.03. The standard InChI is InChI=1S/C15H22OS/c1-17-14-10-8-13(9-11-14)15(16)12-6-4-2-3-5-7-12/h8-12,15-16H,2-7H2,1H3. The fourth-order valence-corrected chi connectivity index (χ4v) is 3.11. The second kappa shape index (κ2) is 6.46. The molecule has 0 aliphatic heterocycles. The van der Waals surface area contributed by atoms with Gasteiger partial charge in [-0.05, 0) is 42.7 Å². The zero-order chi connectivity index (χ0) is 12.1. The Kier molecular flexibility index (Phi) is 4.93. The van der Waals surface area contributed by atoms with E-state index in [1.807, 2.05) is 0 Å².